The molecule has 2 heterocycles. The molecule has 0 unspecified atom stereocenters. The average molecular weight is 549 g/mol. The van der Waals surface area contributed by atoms with Crippen molar-refractivity contribution in [3.63, 3.8) is 0 Å². The largest absolute Gasteiger partial charge is 0.458 e. The van der Waals surface area contributed by atoms with Crippen molar-refractivity contribution in [3.8, 4) is 0 Å². The molecule has 6 aliphatic rings. The zero-order valence-electron chi connectivity index (χ0n) is 23.3. The lowest BCUT2D eigenvalue weighted by molar-refractivity contribution is -0.312. The Hall–Kier alpha value is -1.36. The summed E-state index contributed by atoms with van der Waals surface area (Å²) in [5.41, 5.74) is -0.682. The number of esters is 1. The summed E-state index contributed by atoms with van der Waals surface area (Å²) >= 11 is 0. The first-order valence-electron chi connectivity index (χ1n) is 14.8. The van der Waals surface area contributed by atoms with Gasteiger partial charge in [0.15, 0.2) is 6.29 Å². The minimum Gasteiger partial charge on any atom is -0.458 e. The second kappa shape index (κ2) is 9.88. The predicted octanol–water partition coefficient (Wildman–Crippen LogP) is 2.29. The third kappa shape index (κ3) is 4.02. The first kappa shape index (κ1) is 27.8. The van der Waals surface area contributed by atoms with Gasteiger partial charge in [0, 0.05) is 24.0 Å². The molecule has 0 spiro atoms. The minimum absolute atomic E-state index is 0.0482. The summed E-state index contributed by atoms with van der Waals surface area (Å²) in [6.45, 7) is 4.25. The number of fused-ring (bicyclic) bond motifs is 5. The maximum absolute atomic E-state index is 13.0. The van der Waals surface area contributed by atoms with Gasteiger partial charge in [-0.2, -0.15) is 0 Å². The Morgan fingerprint density at radius 2 is 1.85 bits per heavy atom. The van der Waals surface area contributed by atoms with E-state index >= 15 is 0 Å². The topological polar surface area (TPSA) is 132 Å². The normalized spacial score (nSPS) is 53.3. The molecular formula is C30H44O9. The molecule has 3 N–H and O–H groups in total. The second-order valence-electron chi connectivity index (χ2n) is 13.4. The smallest absolute Gasteiger partial charge is 0.331 e. The maximum Gasteiger partial charge on any atom is 0.331 e. The molecule has 0 amide bonds. The Kier molecular flexibility index (Phi) is 7.04. The number of aliphatic hydroxyl groups is 3. The van der Waals surface area contributed by atoms with Crippen molar-refractivity contribution >= 4 is 12.3 Å². The van der Waals surface area contributed by atoms with Crippen LogP contribution in [0.2, 0.25) is 0 Å². The van der Waals surface area contributed by atoms with Crippen LogP contribution in [0.15, 0.2) is 11.6 Å². The van der Waals surface area contributed by atoms with E-state index in [0.717, 1.165) is 37.7 Å². The van der Waals surface area contributed by atoms with E-state index in [1.807, 2.05) is 0 Å². The van der Waals surface area contributed by atoms with E-state index in [-0.39, 0.29) is 41.2 Å². The van der Waals surface area contributed by atoms with Crippen LogP contribution in [-0.2, 0) is 28.5 Å². The molecule has 0 aromatic heterocycles. The van der Waals surface area contributed by atoms with Crippen molar-refractivity contribution in [3.05, 3.63) is 11.6 Å². The van der Waals surface area contributed by atoms with Crippen molar-refractivity contribution in [2.45, 2.75) is 114 Å². The number of hydrogen-bond acceptors (Lipinski definition) is 9. The van der Waals surface area contributed by atoms with E-state index in [1.54, 1.807) is 13.0 Å². The number of ether oxygens (including phenoxy) is 4. The molecule has 13 atom stereocenters. The minimum atomic E-state index is -1.11. The van der Waals surface area contributed by atoms with Crippen molar-refractivity contribution in [2.75, 3.05) is 13.7 Å². The lowest BCUT2D eigenvalue weighted by Gasteiger charge is -2.63. The fourth-order valence-electron chi connectivity index (χ4n) is 10.00. The third-order valence-electron chi connectivity index (χ3n) is 12.1. The van der Waals surface area contributed by atoms with E-state index in [4.69, 9.17) is 18.9 Å². The molecule has 0 aromatic carbocycles. The average Bonchev–Trinajstić information content (AvgIpc) is 3.47. The lowest BCUT2D eigenvalue weighted by Crippen LogP contribution is -2.63. The zero-order valence-corrected chi connectivity index (χ0v) is 23.3. The second-order valence-corrected chi connectivity index (χ2v) is 13.4. The standard InChI is InChI=1S/C30H44O9/c1-16-24(33)26(36-3)25(34)27(38-16)39-19-6-10-29(15-31)18(13-19)4-5-22-21(29)7-9-28(2)20(8-11-30(22,28)35)17-12-23(32)37-14-17/h12,15-16,18-22,24-27,33-35H,4-11,13-14H2,1-3H3/t16-,18-,19+,20-,21+,22-,24+,25-,26+,27+,28-,29-,30+/m1/s1. The van der Waals surface area contributed by atoms with Gasteiger partial charge >= 0.3 is 5.97 Å². The Morgan fingerprint density at radius 3 is 2.54 bits per heavy atom. The van der Waals surface area contributed by atoms with E-state index in [9.17, 15) is 24.9 Å². The first-order chi connectivity index (χ1) is 18.6. The molecule has 5 fully saturated rings. The summed E-state index contributed by atoms with van der Waals surface area (Å²) < 4.78 is 22.6. The Balaban J connectivity index is 1.18. The van der Waals surface area contributed by atoms with Crippen molar-refractivity contribution in [2.24, 2.45) is 34.5 Å². The van der Waals surface area contributed by atoms with Gasteiger partial charge in [0.25, 0.3) is 0 Å². The van der Waals surface area contributed by atoms with Gasteiger partial charge in [0.1, 0.15) is 31.2 Å². The van der Waals surface area contributed by atoms with Crippen LogP contribution in [0.25, 0.3) is 0 Å². The summed E-state index contributed by atoms with van der Waals surface area (Å²) in [7, 11) is 1.46. The lowest BCUT2D eigenvalue weighted by atomic mass is 9.43. The van der Waals surface area contributed by atoms with Gasteiger partial charge in [-0.25, -0.2) is 4.79 Å². The summed E-state index contributed by atoms with van der Waals surface area (Å²) in [5.74, 6) is 0.152. The molecule has 218 valence electrons. The third-order valence-corrected chi connectivity index (χ3v) is 12.1. The van der Waals surface area contributed by atoms with Crippen LogP contribution in [0.3, 0.4) is 0 Å². The van der Waals surface area contributed by atoms with E-state index in [0.29, 0.717) is 32.3 Å². The molecule has 4 saturated carbocycles. The molecule has 4 aliphatic carbocycles. The fourth-order valence-corrected chi connectivity index (χ4v) is 10.00. The van der Waals surface area contributed by atoms with Gasteiger partial charge < -0.3 is 39.1 Å². The van der Waals surface area contributed by atoms with Crippen LogP contribution in [0, 0.1) is 34.5 Å². The molecule has 6 rings (SSSR count). The number of carbonyl (C=O) groups is 2. The Morgan fingerprint density at radius 1 is 1.05 bits per heavy atom. The van der Waals surface area contributed by atoms with E-state index in [2.05, 4.69) is 6.92 Å². The Bertz CT molecular complexity index is 1010. The van der Waals surface area contributed by atoms with Gasteiger partial charge in [-0.05, 0) is 94.0 Å². The van der Waals surface area contributed by atoms with E-state index < -0.39 is 41.7 Å². The summed E-state index contributed by atoms with van der Waals surface area (Å²) in [5, 5.41) is 33.4. The van der Waals surface area contributed by atoms with Crippen LogP contribution < -0.4 is 0 Å². The molecule has 9 nitrogen and oxygen atoms in total. The van der Waals surface area contributed by atoms with Crippen LogP contribution in [0.1, 0.15) is 71.6 Å². The highest BCUT2D eigenvalue weighted by atomic mass is 16.7. The molecule has 2 aliphatic heterocycles. The zero-order chi connectivity index (χ0) is 27.7. The van der Waals surface area contributed by atoms with Crippen molar-refractivity contribution in [1.29, 1.82) is 0 Å². The Labute approximate surface area is 230 Å². The SMILES string of the molecule is CO[C@H]1[C@@H](O)[C@@H](C)O[C@@H](O[C@H]2CC[C@@]3(C=O)[C@H](CC[C@@H]4[C@@H]3CC[C@]3(C)[C@@H](C5=CC(=O)OC5)CC[C@]43O)C2)[C@@H]1O. The number of hydrogen-bond donors (Lipinski definition) is 3. The molecule has 0 radical (unpaired) electrons. The van der Waals surface area contributed by atoms with Crippen LogP contribution in [-0.4, -0.2) is 83.7 Å². The highest BCUT2D eigenvalue weighted by molar-refractivity contribution is 5.85. The predicted molar refractivity (Wildman–Crippen MR) is 138 cm³/mol. The van der Waals surface area contributed by atoms with Crippen molar-refractivity contribution < 1.29 is 43.9 Å². The number of aldehydes is 1. The van der Waals surface area contributed by atoms with Gasteiger partial charge in [-0.1, -0.05) is 6.92 Å². The van der Waals surface area contributed by atoms with Gasteiger partial charge in [-0.15, -0.1) is 0 Å². The van der Waals surface area contributed by atoms with Gasteiger partial charge in [-0.3, -0.25) is 0 Å². The molecular weight excluding hydrogens is 504 g/mol. The molecule has 39 heavy (non-hydrogen) atoms. The first-order valence-corrected chi connectivity index (χ1v) is 14.8. The quantitative estimate of drug-likeness (QED) is 0.269. The maximum atomic E-state index is 13.0. The number of carbonyl (C=O) groups excluding carboxylic acids is 2. The highest BCUT2D eigenvalue weighted by Gasteiger charge is 2.68. The molecule has 0 bridgehead atoms. The molecule has 1 saturated heterocycles. The number of aliphatic hydroxyl groups excluding tert-OH is 2. The van der Waals surface area contributed by atoms with Gasteiger partial charge in [0.2, 0.25) is 0 Å². The number of cyclic esters (lactones) is 1. The van der Waals surface area contributed by atoms with Crippen LogP contribution in [0.4, 0.5) is 0 Å². The summed E-state index contributed by atoms with van der Waals surface area (Å²) in [4.78, 5) is 24.8. The van der Waals surface area contributed by atoms with Crippen LogP contribution >= 0.6 is 0 Å². The summed E-state index contributed by atoms with van der Waals surface area (Å²) in [6, 6.07) is 0. The van der Waals surface area contributed by atoms with Crippen molar-refractivity contribution in [1.82, 2.24) is 0 Å². The van der Waals surface area contributed by atoms with Crippen LogP contribution in [0.5, 0.6) is 0 Å². The van der Waals surface area contributed by atoms with E-state index in [1.165, 1.54) is 13.4 Å². The number of methoxy groups -OCH3 is 1. The number of rotatable bonds is 5. The summed E-state index contributed by atoms with van der Waals surface area (Å²) in [6.07, 6.45) is 5.39. The fraction of sp³-hybridized carbons (Fsp3) is 0.867. The molecule has 0 aromatic rings. The monoisotopic (exact) mass is 548 g/mol. The highest BCUT2D eigenvalue weighted by Crippen LogP contribution is 2.69. The molecule has 9 heteroatoms. The van der Waals surface area contributed by atoms with Gasteiger partial charge in [0.05, 0.1) is 17.8 Å².